The van der Waals surface area contributed by atoms with E-state index >= 15 is 0 Å². The van der Waals surface area contributed by atoms with Crippen LogP contribution in [0.15, 0.2) is 36.5 Å². The molecule has 1 N–H and O–H groups in total. The van der Waals surface area contributed by atoms with E-state index in [1.165, 1.54) is 24.4 Å². The predicted molar refractivity (Wildman–Crippen MR) is 63.0 cm³/mol. The molecule has 0 aliphatic rings. The van der Waals surface area contributed by atoms with Gasteiger partial charge in [-0.25, -0.2) is 0 Å². The lowest BCUT2D eigenvalue weighted by Gasteiger charge is -2.09. The van der Waals surface area contributed by atoms with Crippen LogP contribution in [0.5, 0.6) is 11.5 Å². The molecule has 0 atom stereocenters. The van der Waals surface area contributed by atoms with Gasteiger partial charge in [0.2, 0.25) is 0 Å². The molecule has 0 spiro atoms. The second-order valence-electron chi connectivity index (χ2n) is 3.60. The SMILES string of the molecule is Oc1cnc(-c2ccc(OC(F)(F)F)cc2)c(Cl)c1. The van der Waals surface area contributed by atoms with Crippen molar-refractivity contribution in [2.24, 2.45) is 0 Å². The Bertz CT molecular complexity index is 585. The van der Waals surface area contributed by atoms with Gasteiger partial charge in [-0.15, -0.1) is 13.2 Å². The first-order chi connectivity index (χ1) is 8.85. The van der Waals surface area contributed by atoms with Crippen molar-refractivity contribution in [2.45, 2.75) is 6.36 Å². The number of ether oxygens (including phenoxy) is 1. The van der Waals surface area contributed by atoms with Crippen molar-refractivity contribution in [1.29, 1.82) is 0 Å². The van der Waals surface area contributed by atoms with Crippen LogP contribution in [0, 0.1) is 0 Å². The molecule has 0 saturated carbocycles. The maximum absolute atomic E-state index is 12.0. The van der Waals surface area contributed by atoms with Crippen molar-refractivity contribution >= 4 is 11.6 Å². The number of benzene rings is 1. The standard InChI is InChI=1S/C12H7ClF3NO2/c13-10-5-8(18)6-17-11(10)7-1-3-9(4-2-7)19-12(14,15)16/h1-6,18H. The molecule has 0 radical (unpaired) electrons. The average Bonchev–Trinajstić information content (AvgIpc) is 2.28. The van der Waals surface area contributed by atoms with Gasteiger partial charge in [-0.05, 0) is 24.3 Å². The van der Waals surface area contributed by atoms with Crippen LogP contribution in [0.1, 0.15) is 0 Å². The number of hydrogen-bond donors (Lipinski definition) is 1. The fourth-order valence-electron chi connectivity index (χ4n) is 1.45. The van der Waals surface area contributed by atoms with Gasteiger partial charge in [0.05, 0.1) is 16.9 Å². The Morgan fingerprint density at radius 1 is 1.16 bits per heavy atom. The first-order valence-electron chi connectivity index (χ1n) is 5.06. The van der Waals surface area contributed by atoms with Gasteiger partial charge in [0.1, 0.15) is 11.5 Å². The summed E-state index contributed by atoms with van der Waals surface area (Å²) in [5, 5.41) is 9.36. The van der Waals surface area contributed by atoms with Crippen molar-refractivity contribution in [3.63, 3.8) is 0 Å². The summed E-state index contributed by atoms with van der Waals surface area (Å²) in [7, 11) is 0. The van der Waals surface area contributed by atoms with Gasteiger partial charge in [0.15, 0.2) is 0 Å². The minimum atomic E-state index is -4.73. The first-order valence-corrected chi connectivity index (χ1v) is 5.43. The summed E-state index contributed by atoms with van der Waals surface area (Å²) in [6.45, 7) is 0. The number of pyridine rings is 1. The molecule has 19 heavy (non-hydrogen) atoms. The van der Waals surface area contributed by atoms with E-state index in [1.54, 1.807) is 0 Å². The fourth-order valence-corrected chi connectivity index (χ4v) is 1.72. The quantitative estimate of drug-likeness (QED) is 0.908. The van der Waals surface area contributed by atoms with Crippen LogP contribution in [0.3, 0.4) is 0 Å². The highest BCUT2D eigenvalue weighted by Gasteiger charge is 2.30. The lowest BCUT2D eigenvalue weighted by Crippen LogP contribution is -2.16. The van der Waals surface area contributed by atoms with Crippen LogP contribution in [0.2, 0.25) is 5.02 Å². The maximum atomic E-state index is 12.0. The Hall–Kier alpha value is -1.95. The van der Waals surface area contributed by atoms with Crippen molar-refractivity contribution in [3.8, 4) is 22.8 Å². The average molecular weight is 290 g/mol. The fraction of sp³-hybridized carbons (Fsp3) is 0.0833. The molecule has 7 heteroatoms. The number of aromatic nitrogens is 1. The van der Waals surface area contributed by atoms with Gasteiger partial charge in [-0.3, -0.25) is 4.98 Å². The summed E-state index contributed by atoms with van der Waals surface area (Å²) in [4.78, 5) is 3.91. The van der Waals surface area contributed by atoms with E-state index < -0.39 is 6.36 Å². The molecule has 0 fully saturated rings. The molecule has 2 aromatic rings. The van der Waals surface area contributed by atoms with E-state index in [0.29, 0.717) is 11.3 Å². The number of alkyl halides is 3. The predicted octanol–water partition coefficient (Wildman–Crippen LogP) is 4.01. The number of rotatable bonds is 2. The van der Waals surface area contributed by atoms with Crippen LogP contribution in [0.25, 0.3) is 11.3 Å². The Labute approximate surface area is 111 Å². The van der Waals surface area contributed by atoms with Gasteiger partial charge in [-0.2, -0.15) is 0 Å². The molecular weight excluding hydrogens is 283 g/mol. The summed E-state index contributed by atoms with van der Waals surface area (Å²) >= 11 is 5.88. The third-order valence-electron chi connectivity index (χ3n) is 2.19. The van der Waals surface area contributed by atoms with Gasteiger partial charge >= 0.3 is 6.36 Å². The van der Waals surface area contributed by atoms with Crippen LogP contribution in [0.4, 0.5) is 13.2 Å². The van der Waals surface area contributed by atoms with Crippen LogP contribution >= 0.6 is 11.6 Å². The molecule has 0 saturated heterocycles. The Morgan fingerprint density at radius 3 is 2.32 bits per heavy atom. The largest absolute Gasteiger partial charge is 0.573 e. The van der Waals surface area contributed by atoms with Crippen molar-refractivity contribution in [1.82, 2.24) is 4.98 Å². The zero-order valence-corrected chi connectivity index (χ0v) is 10.0. The van der Waals surface area contributed by atoms with E-state index in [-0.39, 0.29) is 16.5 Å². The maximum Gasteiger partial charge on any atom is 0.573 e. The third-order valence-corrected chi connectivity index (χ3v) is 2.48. The summed E-state index contributed by atoms with van der Waals surface area (Å²) in [6, 6.07) is 6.41. The van der Waals surface area contributed by atoms with E-state index in [2.05, 4.69) is 9.72 Å². The molecule has 2 rings (SSSR count). The Kier molecular flexibility index (Phi) is 3.53. The molecule has 0 bridgehead atoms. The normalized spacial score (nSPS) is 11.4. The second-order valence-corrected chi connectivity index (χ2v) is 4.00. The van der Waals surface area contributed by atoms with Gasteiger partial charge in [-0.1, -0.05) is 11.6 Å². The highest BCUT2D eigenvalue weighted by Crippen LogP contribution is 2.30. The number of hydrogen-bond acceptors (Lipinski definition) is 3. The summed E-state index contributed by atoms with van der Waals surface area (Å²) < 4.78 is 39.7. The van der Waals surface area contributed by atoms with Gasteiger partial charge in [0.25, 0.3) is 0 Å². The van der Waals surface area contributed by atoms with Crippen LogP contribution in [-0.2, 0) is 0 Å². The number of halogens is 4. The van der Waals surface area contributed by atoms with E-state index in [0.717, 1.165) is 12.1 Å². The molecular formula is C12H7ClF3NO2. The molecule has 3 nitrogen and oxygen atoms in total. The molecule has 1 aromatic heterocycles. The minimum Gasteiger partial charge on any atom is -0.506 e. The van der Waals surface area contributed by atoms with Crippen molar-refractivity contribution < 1.29 is 23.0 Å². The van der Waals surface area contributed by atoms with Crippen molar-refractivity contribution in [2.75, 3.05) is 0 Å². The summed E-state index contributed by atoms with van der Waals surface area (Å²) in [5.74, 6) is -0.420. The van der Waals surface area contributed by atoms with E-state index in [4.69, 9.17) is 16.7 Å². The molecule has 0 aliphatic heterocycles. The highest BCUT2D eigenvalue weighted by atomic mass is 35.5. The first kappa shape index (κ1) is 13.5. The summed E-state index contributed by atoms with van der Waals surface area (Å²) in [6.07, 6.45) is -3.53. The van der Waals surface area contributed by atoms with Crippen molar-refractivity contribution in [3.05, 3.63) is 41.6 Å². The third kappa shape index (κ3) is 3.51. The van der Waals surface area contributed by atoms with Gasteiger partial charge in [0, 0.05) is 11.6 Å². The highest BCUT2D eigenvalue weighted by molar-refractivity contribution is 6.33. The second kappa shape index (κ2) is 4.97. The lowest BCUT2D eigenvalue weighted by molar-refractivity contribution is -0.274. The van der Waals surface area contributed by atoms with E-state index in [9.17, 15) is 13.2 Å². The minimum absolute atomic E-state index is 0.0919. The molecule has 0 amide bonds. The zero-order valence-electron chi connectivity index (χ0n) is 9.28. The monoisotopic (exact) mass is 289 g/mol. The number of aromatic hydroxyl groups is 1. The molecule has 1 heterocycles. The molecule has 0 unspecified atom stereocenters. The topological polar surface area (TPSA) is 42.4 Å². The van der Waals surface area contributed by atoms with E-state index in [1.807, 2.05) is 0 Å². The Morgan fingerprint density at radius 2 is 1.79 bits per heavy atom. The number of nitrogens with zero attached hydrogens (tertiary/aromatic N) is 1. The lowest BCUT2D eigenvalue weighted by atomic mass is 10.1. The Balaban J connectivity index is 2.27. The van der Waals surface area contributed by atoms with Crippen LogP contribution in [-0.4, -0.2) is 16.5 Å². The molecule has 0 aliphatic carbocycles. The zero-order chi connectivity index (χ0) is 14.0. The molecule has 1 aromatic carbocycles. The summed E-state index contributed by atoms with van der Waals surface area (Å²) in [5.41, 5.74) is 0.873. The smallest absolute Gasteiger partial charge is 0.506 e. The van der Waals surface area contributed by atoms with Crippen LogP contribution < -0.4 is 4.74 Å². The molecule has 100 valence electrons. The van der Waals surface area contributed by atoms with Gasteiger partial charge < -0.3 is 9.84 Å².